The first-order chi connectivity index (χ1) is 8.70. The SMILES string of the molecule is CNC(=O)CCC(=O)NCCOCCOCCN. The van der Waals surface area contributed by atoms with Crippen molar-refractivity contribution in [3.05, 3.63) is 0 Å². The van der Waals surface area contributed by atoms with Crippen LogP contribution in [0.25, 0.3) is 0 Å². The van der Waals surface area contributed by atoms with Crippen molar-refractivity contribution in [1.82, 2.24) is 10.6 Å². The molecular weight excluding hydrogens is 238 g/mol. The second-order valence-corrected chi connectivity index (χ2v) is 3.54. The molecule has 0 aliphatic heterocycles. The van der Waals surface area contributed by atoms with Gasteiger partial charge in [0.25, 0.3) is 0 Å². The molecule has 2 amide bonds. The molecule has 0 radical (unpaired) electrons. The maximum atomic E-state index is 11.3. The van der Waals surface area contributed by atoms with Crippen molar-refractivity contribution in [3.63, 3.8) is 0 Å². The first-order valence-electron chi connectivity index (χ1n) is 6.03. The van der Waals surface area contributed by atoms with Crippen molar-refractivity contribution in [3.8, 4) is 0 Å². The summed E-state index contributed by atoms with van der Waals surface area (Å²) < 4.78 is 10.3. The van der Waals surface area contributed by atoms with E-state index >= 15 is 0 Å². The van der Waals surface area contributed by atoms with E-state index in [9.17, 15) is 9.59 Å². The van der Waals surface area contributed by atoms with Crippen molar-refractivity contribution < 1.29 is 19.1 Å². The highest BCUT2D eigenvalue weighted by Gasteiger charge is 2.04. The number of carbonyl (C=O) groups excluding carboxylic acids is 2. The molecule has 0 fully saturated rings. The number of hydrogen-bond acceptors (Lipinski definition) is 5. The Morgan fingerprint density at radius 1 is 1.00 bits per heavy atom. The van der Waals surface area contributed by atoms with Gasteiger partial charge in [-0.1, -0.05) is 0 Å². The Hall–Kier alpha value is -1.18. The Bertz CT molecular complexity index is 236. The summed E-state index contributed by atoms with van der Waals surface area (Å²) in [5.74, 6) is -0.292. The lowest BCUT2D eigenvalue weighted by atomic mass is 10.3. The average Bonchev–Trinajstić information content (AvgIpc) is 2.39. The summed E-state index contributed by atoms with van der Waals surface area (Å²) in [6, 6.07) is 0. The van der Waals surface area contributed by atoms with Gasteiger partial charge in [-0.05, 0) is 0 Å². The highest BCUT2D eigenvalue weighted by atomic mass is 16.5. The van der Waals surface area contributed by atoms with Gasteiger partial charge >= 0.3 is 0 Å². The maximum absolute atomic E-state index is 11.3. The van der Waals surface area contributed by atoms with Crippen molar-refractivity contribution in [1.29, 1.82) is 0 Å². The summed E-state index contributed by atoms with van der Waals surface area (Å²) in [5.41, 5.74) is 5.24. The number of carbonyl (C=O) groups is 2. The van der Waals surface area contributed by atoms with Gasteiger partial charge in [-0.25, -0.2) is 0 Å². The lowest BCUT2D eigenvalue weighted by Crippen LogP contribution is -2.29. The first kappa shape index (κ1) is 16.8. The first-order valence-corrected chi connectivity index (χ1v) is 6.03. The number of nitrogens with two attached hydrogens (primary N) is 1. The largest absolute Gasteiger partial charge is 0.378 e. The molecule has 7 heteroatoms. The van der Waals surface area contributed by atoms with Crippen LogP contribution in [-0.2, 0) is 19.1 Å². The van der Waals surface area contributed by atoms with Crippen LogP contribution in [0.15, 0.2) is 0 Å². The molecule has 0 saturated carbocycles. The molecule has 0 aromatic rings. The van der Waals surface area contributed by atoms with E-state index in [-0.39, 0.29) is 24.7 Å². The van der Waals surface area contributed by atoms with Crippen molar-refractivity contribution in [2.45, 2.75) is 12.8 Å². The molecule has 0 aromatic carbocycles. The number of ether oxygens (including phenoxy) is 2. The zero-order valence-corrected chi connectivity index (χ0v) is 10.9. The minimum Gasteiger partial charge on any atom is -0.378 e. The maximum Gasteiger partial charge on any atom is 0.220 e. The third kappa shape index (κ3) is 11.3. The van der Waals surface area contributed by atoms with E-state index in [1.807, 2.05) is 0 Å². The van der Waals surface area contributed by atoms with Crippen LogP contribution in [0.1, 0.15) is 12.8 Å². The molecule has 18 heavy (non-hydrogen) atoms. The van der Waals surface area contributed by atoms with Crippen LogP contribution in [0, 0.1) is 0 Å². The van der Waals surface area contributed by atoms with E-state index < -0.39 is 0 Å². The number of nitrogens with one attached hydrogen (secondary N) is 2. The van der Waals surface area contributed by atoms with E-state index in [1.165, 1.54) is 0 Å². The van der Waals surface area contributed by atoms with Gasteiger partial charge in [0, 0.05) is 33.0 Å². The average molecular weight is 261 g/mol. The summed E-state index contributed by atoms with van der Waals surface area (Å²) in [5, 5.41) is 5.11. The lowest BCUT2D eigenvalue weighted by molar-refractivity contribution is -0.126. The van der Waals surface area contributed by atoms with Crippen LogP contribution in [0.4, 0.5) is 0 Å². The quantitative estimate of drug-likeness (QED) is 0.398. The Morgan fingerprint density at radius 3 is 2.22 bits per heavy atom. The van der Waals surface area contributed by atoms with E-state index in [0.29, 0.717) is 39.5 Å². The van der Waals surface area contributed by atoms with Gasteiger partial charge < -0.3 is 25.8 Å². The predicted octanol–water partition coefficient (Wildman–Crippen LogP) is -1.38. The van der Waals surface area contributed by atoms with Crippen LogP contribution >= 0.6 is 0 Å². The van der Waals surface area contributed by atoms with Gasteiger partial charge in [0.15, 0.2) is 0 Å². The molecular formula is C11H23N3O4. The monoisotopic (exact) mass is 261 g/mol. The van der Waals surface area contributed by atoms with Gasteiger partial charge in [0.1, 0.15) is 0 Å². The molecule has 106 valence electrons. The standard InChI is InChI=1S/C11H23N3O4/c1-13-10(15)2-3-11(16)14-5-7-18-9-8-17-6-4-12/h2-9,12H2,1H3,(H,13,15)(H,14,16). The van der Waals surface area contributed by atoms with Gasteiger partial charge in [-0.3, -0.25) is 9.59 Å². The topological polar surface area (TPSA) is 103 Å². The number of hydrogen-bond donors (Lipinski definition) is 3. The van der Waals surface area contributed by atoms with Gasteiger partial charge in [0.05, 0.1) is 26.4 Å². The predicted molar refractivity (Wildman–Crippen MR) is 67.0 cm³/mol. The molecule has 0 bridgehead atoms. The molecule has 0 aliphatic carbocycles. The van der Waals surface area contributed by atoms with Crippen molar-refractivity contribution in [2.24, 2.45) is 5.73 Å². The summed E-state index contributed by atoms with van der Waals surface area (Å²) in [7, 11) is 1.54. The molecule has 0 aromatic heterocycles. The molecule has 0 saturated heterocycles. The van der Waals surface area contributed by atoms with Crippen LogP contribution in [0.3, 0.4) is 0 Å². The van der Waals surface area contributed by atoms with E-state index in [2.05, 4.69) is 10.6 Å². The fraction of sp³-hybridized carbons (Fsp3) is 0.818. The zero-order chi connectivity index (χ0) is 13.6. The van der Waals surface area contributed by atoms with E-state index in [4.69, 9.17) is 15.2 Å². The second kappa shape index (κ2) is 12.3. The Labute approximate surface area is 107 Å². The molecule has 0 aliphatic rings. The number of rotatable bonds is 11. The van der Waals surface area contributed by atoms with Crippen LogP contribution in [0.2, 0.25) is 0 Å². The third-order valence-electron chi connectivity index (χ3n) is 2.06. The van der Waals surface area contributed by atoms with Gasteiger partial charge in [-0.2, -0.15) is 0 Å². The molecule has 7 nitrogen and oxygen atoms in total. The normalized spacial score (nSPS) is 10.1. The van der Waals surface area contributed by atoms with Gasteiger partial charge in [0.2, 0.25) is 11.8 Å². The summed E-state index contributed by atoms with van der Waals surface area (Å²) in [6.45, 7) is 2.87. The smallest absolute Gasteiger partial charge is 0.220 e. The molecule has 0 unspecified atom stereocenters. The third-order valence-corrected chi connectivity index (χ3v) is 2.06. The fourth-order valence-electron chi connectivity index (χ4n) is 1.11. The van der Waals surface area contributed by atoms with Crippen LogP contribution in [0.5, 0.6) is 0 Å². The Balaban J connectivity index is 3.22. The van der Waals surface area contributed by atoms with E-state index in [1.54, 1.807) is 7.05 Å². The lowest BCUT2D eigenvalue weighted by Gasteiger charge is -2.06. The highest BCUT2D eigenvalue weighted by molar-refractivity contribution is 5.83. The Kier molecular flexibility index (Phi) is 11.5. The molecule has 0 atom stereocenters. The summed E-state index contributed by atoms with van der Waals surface area (Å²) in [4.78, 5) is 22.1. The molecule has 4 N–H and O–H groups in total. The van der Waals surface area contributed by atoms with E-state index in [0.717, 1.165) is 0 Å². The van der Waals surface area contributed by atoms with Crippen molar-refractivity contribution in [2.75, 3.05) is 46.6 Å². The van der Waals surface area contributed by atoms with Crippen molar-refractivity contribution >= 4 is 11.8 Å². The summed E-state index contributed by atoms with van der Waals surface area (Å²) >= 11 is 0. The highest BCUT2D eigenvalue weighted by Crippen LogP contribution is 1.88. The second-order valence-electron chi connectivity index (χ2n) is 3.54. The molecule has 0 spiro atoms. The zero-order valence-electron chi connectivity index (χ0n) is 10.9. The number of amides is 2. The van der Waals surface area contributed by atoms with Gasteiger partial charge in [-0.15, -0.1) is 0 Å². The van der Waals surface area contributed by atoms with Crippen LogP contribution in [-0.4, -0.2) is 58.4 Å². The fourth-order valence-corrected chi connectivity index (χ4v) is 1.11. The van der Waals surface area contributed by atoms with Crippen LogP contribution < -0.4 is 16.4 Å². The minimum atomic E-state index is -0.151. The Morgan fingerprint density at radius 2 is 1.61 bits per heavy atom. The molecule has 0 heterocycles. The summed E-state index contributed by atoms with van der Waals surface area (Å²) in [6.07, 6.45) is 0.398. The molecule has 0 rings (SSSR count). The minimum absolute atomic E-state index is 0.140.